The Morgan fingerprint density at radius 3 is 0.780 bits per heavy atom. The molecule has 0 aromatic rings. The zero-order chi connectivity index (χ0) is 65.6. The first-order valence-corrected chi connectivity index (χ1v) is 42.1. The standard InChI is InChI=1S/C85H165NO5/c1-3-5-7-9-11-13-15-17-18-19-20-21-41-44-47-50-54-57-61-65-69-73-77-83(88)82(81-87)86-84(89)78-74-70-66-62-58-55-51-48-45-42-39-37-35-33-31-29-27-25-23-22-24-26-28-30-32-34-36-38-40-43-46-49-52-56-60-64-68-72-76-80-91-85(90)79-75-71-67-63-59-53-16-14-12-10-8-6-4-2/h22-23,73,77,82-83,87-88H,3-21,24-72,74-76,78-81H2,1-2H3,(H,86,89)/b23-22-,77-73+. The number of nitrogens with one attached hydrogen (secondary N) is 1. The SMILES string of the molecule is CCCCCCCCCCCCCCCCCCCCCC/C=C/C(O)C(CO)NC(=O)CCCCCCCCCCCCCCCCCCC/C=C\CCCCCCCCCCCCCCCCCCCCOC(=O)CCCCCCCCCCCCCCC. The van der Waals surface area contributed by atoms with Crippen LogP contribution < -0.4 is 5.32 Å². The van der Waals surface area contributed by atoms with Crippen LogP contribution in [0, 0.1) is 0 Å². The minimum Gasteiger partial charge on any atom is -0.466 e. The van der Waals surface area contributed by atoms with Gasteiger partial charge in [0.2, 0.25) is 5.91 Å². The van der Waals surface area contributed by atoms with E-state index in [2.05, 4.69) is 31.3 Å². The lowest BCUT2D eigenvalue weighted by Gasteiger charge is -2.20. The van der Waals surface area contributed by atoms with E-state index in [1.165, 1.54) is 417 Å². The van der Waals surface area contributed by atoms with Gasteiger partial charge in [-0.1, -0.05) is 436 Å². The first-order valence-electron chi connectivity index (χ1n) is 42.1. The number of hydrogen-bond acceptors (Lipinski definition) is 5. The third-order valence-corrected chi connectivity index (χ3v) is 20.0. The smallest absolute Gasteiger partial charge is 0.305 e. The number of allylic oxidation sites excluding steroid dienone is 3. The van der Waals surface area contributed by atoms with Gasteiger partial charge in [-0.3, -0.25) is 9.59 Å². The molecule has 3 N–H and O–H groups in total. The molecule has 0 bridgehead atoms. The van der Waals surface area contributed by atoms with Crippen LogP contribution in [0.3, 0.4) is 0 Å². The summed E-state index contributed by atoms with van der Waals surface area (Å²) in [7, 11) is 0. The van der Waals surface area contributed by atoms with Crippen molar-refractivity contribution in [3.63, 3.8) is 0 Å². The lowest BCUT2D eigenvalue weighted by atomic mass is 10.0. The van der Waals surface area contributed by atoms with E-state index in [0.29, 0.717) is 19.4 Å². The quantitative estimate of drug-likeness (QED) is 0.0320. The van der Waals surface area contributed by atoms with Gasteiger partial charge in [-0.05, 0) is 57.8 Å². The minimum atomic E-state index is -0.842. The fraction of sp³-hybridized carbons (Fsp3) is 0.929. The van der Waals surface area contributed by atoms with Gasteiger partial charge in [-0.25, -0.2) is 0 Å². The number of aliphatic hydroxyl groups is 2. The van der Waals surface area contributed by atoms with Crippen molar-refractivity contribution in [3.05, 3.63) is 24.3 Å². The van der Waals surface area contributed by atoms with Crippen LogP contribution in [0.5, 0.6) is 0 Å². The van der Waals surface area contributed by atoms with E-state index < -0.39 is 12.1 Å². The maximum absolute atomic E-state index is 12.6. The Kier molecular flexibility index (Phi) is 79.3. The topological polar surface area (TPSA) is 95.9 Å². The molecule has 0 spiro atoms. The lowest BCUT2D eigenvalue weighted by molar-refractivity contribution is -0.143. The highest BCUT2D eigenvalue weighted by molar-refractivity contribution is 5.76. The largest absolute Gasteiger partial charge is 0.466 e. The molecule has 1 amide bonds. The number of amides is 1. The summed E-state index contributed by atoms with van der Waals surface area (Å²) >= 11 is 0. The maximum atomic E-state index is 12.6. The average molecular weight is 1280 g/mol. The van der Waals surface area contributed by atoms with Crippen molar-refractivity contribution in [2.24, 2.45) is 0 Å². The van der Waals surface area contributed by atoms with Gasteiger partial charge >= 0.3 is 5.97 Å². The molecule has 91 heavy (non-hydrogen) atoms. The number of hydrogen-bond donors (Lipinski definition) is 3. The zero-order valence-electron chi connectivity index (χ0n) is 62.1. The van der Waals surface area contributed by atoms with Crippen LogP contribution in [0.2, 0.25) is 0 Å². The van der Waals surface area contributed by atoms with Crippen LogP contribution in [0.15, 0.2) is 24.3 Å². The number of ether oxygens (including phenoxy) is 1. The van der Waals surface area contributed by atoms with E-state index in [-0.39, 0.29) is 18.5 Å². The molecule has 0 aliphatic heterocycles. The highest BCUT2D eigenvalue weighted by Crippen LogP contribution is 2.20. The van der Waals surface area contributed by atoms with Crippen LogP contribution in [0.1, 0.15) is 483 Å². The molecule has 0 aliphatic carbocycles. The van der Waals surface area contributed by atoms with Crippen molar-refractivity contribution in [2.45, 2.75) is 495 Å². The summed E-state index contributed by atoms with van der Waals surface area (Å²) in [5, 5.41) is 23.3. The molecule has 6 heteroatoms. The van der Waals surface area contributed by atoms with E-state index in [1.807, 2.05) is 6.08 Å². The molecular formula is C85H165NO5. The summed E-state index contributed by atoms with van der Waals surface area (Å²) in [6.07, 6.45) is 105. The van der Waals surface area contributed by atoms with Crippen molar-refractivity contribution in [1.29, 1.82) is 0 Å². The monoisotopic (exact) mass is 1280 g/mol. The molecule has 6 nitrogen and oxygen atoms in total. The average Bonchev–Trinajstić information content (AvgIpc) is 3.75. The molecule has 0 rings (SSSR count). The van der Waals surface area contributed by atoms with Crippen molar-refractivity contribution in [3.8, 4) is 0 Å². The third-order valence-electron chi connectivity index (χ3n) is 20.0. The van der Waals surface area contributed by atoms with E-state index in [4.69, 9.17) is 4.74 Å². The third kappa shape index (κ3) is 77.2. The summed E-state index contributed by atoms with van der Waals surface area (Å²) in [6, 6.07) is -0.625. The Morgan fingerprint density at radius 1 is 0.297 bits per heavy atom. The Labute approximate surface area is 571 Å². The second kappa shape index (κ2) is 80.8. The predicted molar refractivity (Wildman–Crippen MR) is 403 cm³/mol. The van der Waals surface area contributed by atoms with Crippen LogP contribution in [0.25, 0.3) is 0 Å². The van der Waals surface area contributed by atoms with Crippen molar-refractivity contribution >= 4 is 11.9 Å². The molecule has 0 heterocycles. The van der Waals surface area contributed by atoms with E-state index in [1.54, 1.807) is 6.08 Å². The molecule has 0 radical (unpaired) electrons. The predicted octanol–water partition coefficient (Wildman–Crippen LogP) is 28.0. The van der Waals surface area contributed by atoms with Gasteiger partial charge in [0.15, 0.2) is 0 Å². The highest BCUT2D eigenvalue weighted by Gasteiger charge is 2.18. The van der Waals surface area contributed by atoms with Gasteiger partial charge in [0.05, 0.1) is 25.4 Å². The molecule has 0 aliphatic rings. The molecule has 0 saturated carbocycles. The zero-order valence-corrected chi connectivity index (χ0v) is 62.1. The summed E-state index contributed by atoms with van der Waals surface area (Å²) in [5.74, 6) is -0.0334. The van der Waals surface area contributed by atoms with Gasteiger partial charge in [0, 0.05) is 12.8 Å². The summed E-state index contributed by atoms with van der Waals surface area (Å²) in [6.45, 7) is 4.96. The number of aliphatic hydroxyl groups excluding tert-OH is 2. The normalized spacial score (nSPS) is 12.5. The van der Waals surface area contributed by atoms with Crippen LogP contribution in [-0.2, 0) is 14.3 Å². The number of rotatable bonds is 80. The molecule has 2 atom stereocenters. The molecule has 0 saturated heterocycles. The molecule has 2 unspecified atom stereocenters. The van der Waals surface area contributed by atoms with Gasteiger partial charge < -0.3 is 20.3 Å². The van der Waals surface area contributed by atoms with Gasteiger partial charge in [-0.15, -0.1) is 0 Å². The molecule has 0 fully saturated rings. The Balaban J connectivity index is 3.34. The van der Waals surface area contributed by atoms with E-state index >= 15 is 0 Å². The fourth-order valence-corrected chi connectivity index (χ4v) is 13.6. The summed E-state index contributed by atoms with van der Waals surface area (Å²) in [4.78, 5) is 24.6. The van der Waals surface area contributed by atoms with Crippen molar-refractivity contribution in [2.75, 3.05) is 13.2 Å². The molecule has 0 aromatic heterocycles. The molecule has 540 valence electrons. The summed E-state index contributed by atoms with van der Waals surface area (Å²) < 4.78 is 5.50. The first kappa shape index (κ1) is 89.3. The molecule has 0 aromatic carbocycles. The number of carbonyl (C=O) groups excluding carboxylic acids is 2. The fourth-order valence-electron chi connectivity index (χ4n) is 13.6. The number of carbonyl (C=O) groups is 2. The van der Waals surface area contributed by atoms with Gasteiger partial charge in [-0.2, -0.15) is 0 Å². The van der Waals surface area contributed by atoms with Crippen molar-refractivity contribution < 1.29 is 24.5 Å². The Bertz CT molecular complexity index is 1430. The van der Waals surface area contributed by atoms with Crippen LogP contribution >= 0.6 is 0 Å². The van der Waals surface area contributed by atoms with E-state index in [0.717, 1.165) is 38.5 Å². The number of unbranched alkanes of at least 4 members (excludes halogenated alkanes) is 67. The highest BCUT2D eigenvalue weighted by atomic mass is 16.5. The maximum Gasteiger partial charge on any atom is 0.305 e. The van der Waals surface area contributed by atoms with Gasteiger partial charge in [0.25, 0.3) is 0 Å². The van der Waals surface area contributed by atoms with E-state index in [9.17, 15) is 19.8 Å². The first-order chi connectivity index (χ1) is 45.0. The lowest BCUT2D eigenvalue weighted by Crippen LogP contribution is -2.45. The van der Waals surface area contributed by atoms with Crippen molar-refractivity contribution in [1.82, 2.24) is 5.32 Å². The Morgan fingerprint density at radius 2 is 0.516 bits per heavy atom. The molecular weight excluding hydrogens is 1110 g/mol. The number of esters is 1. The second-order valence-corrected chi connectivity index (χ2v) is 29.2. The Hall–Kier alpha value is -1.66. The van der Waals surface area contributed by atoms with Crippen LogP contribution in [-0.4, -0.2) is 47.4 Å². The second-order valence-electron chi connectivity index (χ2n) is 29.2. The minimum absolute atomic E-state index is 0.0248. The van der Waals surface area contributed by atoms with Crippen LogP contribution in [0.4, 0.5) is 0 Å². The van der Waals surface area contributed by atoms with Gasteiger partial charge in [0.1, 0.15) is 0 Å². The summed E-state index contributed by atoms with van der Waals surface area (Å²) in [5.41, 5.74) is 0.